The zero-order chi connectivity index (χ0) is 15.5. The van der Waals surface area contributed by atoms with E-state index in [4.69, 9.17) is 0 Å². The lowest BCUT2D eigenvalue weighted by Crippen LogP contribution is -2.35. The fourth-order valence-electron chi connectivity index (χ4n) is 3.16. The fraction of sp³-hybridized carbons (Fsp3) is 0.733. The van der Waals surface area contributed by atoms with E-state index in [1.807, 2.05) is 14.0 Å². The van der Waals surface area contributed by atoms with Gasteiger partial charge in [-0.15, -0.1) is 11.3 Å². The Balaban J connectivity index is 2.11. The molecule has 2 rings (SSSR count). The predicted molar refractivity (Wildman–Crippen MR) is 88.2 cm³/mol. The van der Waals surface area contributed by atoms with E-state index in [0.29, 0.717) is 18.0 Å². The molecule has 0 atom stereocenters. The first-order valence-electron chi connectivity index (χ1n) is 7.66. The second-order valence-corrected chi connectivity index (χ2v) is 9.12. The summed E-state index contributed by atoms with van der Waals surface area (Å²) in [5.74, 6) is 0. The summed E-state index contributed by atoms with van der Waals surface area (Å²) >= 11 is 1.55. The number of hydrogen-bond donors (Lipinski definition) is 2. The Morgan fingerprint density at radius 2 is 2.00 bits per heavy atom. The number of nitrogens with one attached hydrogen (secondary N) is 2. The maximum Gasteiger partial charge on any atom is 0.241 e. The molecule has 0 radical (unpaired) electrons. The molecule has 0 saturated heterocycles. The number of rotatable bonds is 7. The highest BCUT2D eigenvalue weighted by molar-refractivity contribution is 7.89. The summed E-state index contributed by atoms with van der Waals surface area (Å²) < 4.78 is 28.0. The van der Waals surface area contributed by atoms with Gasteiger partial charge in [0.1, 0.15) is 0 Å². The average Bonchev–Trinajstić information content (AvgIpc) is 3.05. The lowest BCUT2D eigenvalue weighted by molar-refractivity contribution is 0.285. The van der Waals surface area contributed by atoms with Crippen LogP contribution in [0.2, 0.25) is 0 Å². The van der Waals surface area contributed by atoms with Crippen LogP contribution in [0.1, 0.15) is 48.8 Å². The molecule has 1 aliphatic rings. The highest BCUT2D eigenvalue weighted by Crippen LogP contribution is 2.40. The Labute approximate surface area is 132 Å². The van der Waals surface area contributed by atoms with E-state index in [1.165, 1.54) is 12.8 Å². The molecule has 0 unspecified atom stereocenters. The minimum absolute atomic E-state index is 0.171. The molecule has 0 amide bonds. The molecule has 1 aliphatic carbocycles. The number of aryl methyl sites for hydroxylation is 1. The third kappa shape index (κ3) is 3.86. The van der Waals surface area contributed by atoms with Crippen LogP contribution in [0.25, 0.3) is 0 Å². The molecular weight excluding hydrogens is 304 g/mol. The van der Waals surface area contributed by atoms with Gasteiger partial charge in [0.2, 0.25) is 10.0 Å². The second kappa shape index (κ2) is 6.77. The van der Waals surface area contributed by atoms with Gasteiger partial charge in [-0.2, -0.15) is 0 Å². The summed E-state index contributed by atoms with van der Waals surface area (Å²) in [4.78, 5) is 2.37. The molecule has 0 aliphatic heterocycles. The van der Waals surface area contributed by atoms with Crippen LogP contribution in [0.15, 0.2) is 11.0 Å². The first-order valence-corrected chi connectivity index (χ1v) is 9.96. The van der Waals surface area contributed by atoms with Crippen molar-refractivity contribution in [2.75, 3.05) is 13.6 Å². The summed E-state index contributed by atoms with van der Waals surface area (Å²) in [7, 11) is -1.52. The Hall–Kier alpha value is -0.430. The lowest BCUT2D eigenvalue weighted by Gasteiger charge is -2.27. The van der Waals surface area contributed by atoms with Gasteiger partial charge in [-0.25, -0.2) is 13.1 Å². The van der Waals surface area contributed by atoms with Crippen LogP contribution in [0.5, 0.6) is 0 Å². The van der Waals surface area contributed by atoms with E-state index in [0.717, 1.165) is 29.0 Å². The Bertz CT molecular complexity index is 572. The van der Waals surface area contributed by atoms with E-state index in [-0.39, 0.29) is 5.41 Å². The fourth-order valence-corrected chi connectivity index (χ4v) is 5.96. The molecule has 1 heterocycles. The third-order valence-electron chi connectivity index (χ3n) is 4.62. The van der Waals surface area contributed by atoms with Crippen LogP contribution in [0.4, 0.5) is 0 Å². The molecule has 0 spiro atoms. The van der Waals surface area contributed by atoms with Crippen LogP contribution < -0.4 is 10.0 Å². The van der Waals surface area contributed by atoms with E-state index in [1.54, 1.807) is 17.4 Å². The quantitative estimate of drug-likeness (QED) is 0.808. The molecule has 4 nitrogen and oxygen atoms in total. The average molecular weight is 331 g/mol. The van der Waals surface area contributed by atoms with Crippen molar-refractivity contribution in [3.8, 4) is 0 Å². The molecule has 2 N–H and O–H groups in total. The summed E-state index contributed by atoms with van der Waals surface area (Å²) in [6.07, 6.45) is 5.77. The molecule has 1 fully saturated rings. The highest BCUT2D eigenvalue weighted by atomic mass is 32.2. The van der Waals surface area contributed by atoms with Crippen LogP contribution >= 0.6 is 11.3 Å². The summed E-state index contributed by atoms with van der Waals surface area (Å²) in [5, 5.41) is 3.06. The Morgan fingerprint density at radius 1 is 1.33 bits per heavy atom. The van der Waals surface area contributed by atoms with Crippen LogP contribution in [0.3, 0.4) is 0 Å². The molecule has 0 aromatic carbocycles. The van der Waals surface area contributed by atoms with E-state index in [9.17, 15) is 8.42 Å². The molecule has 0 bridgehead atoms. The molecular formula is C15H26N2O2S2. The number of hydrogen-bond acceptors (Lipinski definition) is 4. The molecule has 6 heteroatoms. The van der Waals surface area contributed by atoms with Gasteiger partial charge in [0.05, 0.1) is 4.90 Å². The maximum absolute atomic E-state index is 12.6. The first-order chi connectivity index (χ1) is 9.92. The normalized spacial score (nSPS) is 18.2. The van der Waals surface area contributed by atoms with Gasteiger partial charge < -0.3 is 5.32 Å². The lowest BCUT2D eigenvalue weighted by atomic mass is 9.84. The van der Waals surface area contributed by atoms with Crippen molar-refractivity contribution < 1.29 is 8.42 Å². The molecule has 1 aromatic rings. The highest BCUT2D eigenvalue weighted by Gasteiger charge is 2.33. The van der Waals surface area contributed by atoms with Crippen LogP contribution in [-0.4, -0.2) is 22.0 Å². The minimum atomic E-state index is -3.39. The summed E-state index contributed by atoms with van der Waals surface area (Å²) in [6.45, 7) is 5.33. The van der Waals surface area contributed by atoms with Crippen molar-refractivity contribution >= 4 is 21.4 Å². The van der Waals surface area contributed by atoms with Crippen LogP contribution in [0, 0.1) is 12.3 Å². The van der Waals surface area contributed by atoms with Gasteiger partial charge in [-0.3, -0.25) is 0 Å². The predicted octanol–water partition coefficient (Wildman–Crippen LogP) is 3.02. The van der Waals surface area contributed by atoms with Gasteiger partial charge in [-0.05, 0) is 44.7 Å². The summed E-state index contributed by atoms with van der Waals surface area (Å²) in [6, 6.07) is 1.80. The zero-order valence-electron chi connectivity index (χ0n) is 13.2. The SMILES string of the molecule is CCC1(CNS(=O)(=O)c2cc(CNC)sc2C)CCCC1. The number of sulfonamides is 1. The van der Waals surface area contributed by atoms with Crippen molar-refractivity contribution in [3.05, 3.63) is 15.8 Å². The van der Waals surface area contributed by atoms with Gasteiger partial charge >= 0.3 is 0 Å². The van der Waals surface area contributed by atoms with Gasteiger partial charge in [-0.1, -0.05) is 19.8 Å². The standard InChI is InChI=1S/C15H26N2O2S2/c1-4-15(7-5-6-8-15)11-17-21(18,19)14-9-13(10-16-3)20-12(14)2/h9,16-17H,4-8,10-11H2,1-3H3. The van der Waals surface area contributed by atoms with Crippen molar-refractivity contribution in [3.63, 3.8) is 0 Å². The van der Waals surface area contributed by atoms with Gasteiger partial charge in [0.25, 0.3) is 0 Å². The van der Waals surface area contributed by atoms with Crippen molar-refractivity contribution in [2.45, 2.75) is 57.4 Å². The van der Waals surface area contributed by atoms with Gasteiger partial charge in [0, 0.05) is 22.8 Å². The Morgan fingerprint density at radius 3 is 2.57 bits per heavy atom. The molecule has 120 valence electrons. The third-order valence-corrected chi connectivity index (χ3v) is 7.32. The van der Waals surface area contributed by atoms with Crippen molar-refractivity contribution in [1.82, 2.24) is 10.0 Å². The van der Waals surface area contributed by atoms with Crippen molar-refractivity contribution in [1.29, 1.82) is 0 Å². The zero-order valence-corrected chi connectivity index (χ0v) is 14.8. The first kappa shape index (κ1) is 16.9. The summed E-state index contributed by atoms with van der Waals surface area (Å²) in [5.41, 5.74) is 0.171. The number of thiophene rings is 1. The van der Waals surface area contributed by atoms with E-state index < -0.39 is 10.0 Å². The molecule has 21 heavy (non-hydrogen) atoms. The van der Waals surface area contributed by atoms with E-state index >= 15 is 0 Å². The maximum atomic E-state index is 12.6. The van der Waals surface area contributed by atoms with Crippen LogP contribution in [-0.2, 0) is 16.6 Å². The monoisotopic (exact) mass is 330 g/mol. The van der Waals surface area contributed by atoms with Gasteiger partial charge in [0.15, 0.2) is 0 Å². The topological polar surface area (TPSA) is 58.2 Å². The smallest absolute Gasteiger partial charge is 0.241 e. The largest absolute Gasteiger partial charge is 0.315 e. The minimum Gasteiger partial charge on any atom is -0.315 e. The van der Waals surface area contributed by atoms with E-state index in [2.05, 4.69) is 17.0 Å². The molecule has 1 saturated carbocycles. The Kier molecular flexibility index (Phi) is 5.46. The molecule has 1 aromatic heterocycles. The van der Waals surface area contributed by atoms with Crippen molar-refractivity contribution in [2.24, 2.45) is 5.41 Å². The second-order valence-electron chi connectivity index (χ2n) is 6.05.